The van der Waals surface area contributed by atoms with E-state index in [4.69, 9.17) is 4.74 Å². The van der Waals surface area contributed by atoms with Gasteiger partial charge in [-0.3, -0.25) is 4.79 Å². The van der Waals surface area contributed by atoms with Crippen molar-refractivity contribution in [2.24, 2.45) is 5.41 Å². The Kier molecular flexibility index (Phi) is 5.62. The van der Waals surface area contributed by atoms with Crippen LogP contribution in [0.2, 0.25) is 0 Å². The second kappa shape index (κ2) is 6.50. The van der Waals surface area contributed by atoms with E-state index in [9.17, 15) is 4.79 Å². The van der Waals surface area contributed by atoms with Crippen molar-refractivity contribution in [2.45, 2.75) is 39.2 Å². The van der Waals surface area contributed by atoms with Crippen molar-refractivity contribution in [1.82, 2.24) is 5.32 Å². The van der Waals surface area contributed by atoms with E-state index in [-0.39, 0.29) is 5.91 Å². The Morgan fingerprint density at radius 3 is 2.88 bits per heavy atom. The van der Waals surface area contributed by atoms with Gasteiger partial charge in [0.05, 0.1) is 12.4 Å². The third-order valence-corrected chi connectivity index (χ3v) is 3.92. The van der Waals surface area contributed by atoms with Gasteiger partial charge in [-0.15, -0.1) is 11.8 Å². The minimum atomic E-state index is 0.170. The van der Waals surface area contributed by atoms with Gasteiger partial charge in [0.1, 0.15) is 0 Å². The molecule has 1 amide bonds. The van der Waals surface area contributed by atoms with E-state index in [1.54, 1.807) is 18.9 Å². The third kappa shape index (κ3) is 5.21. The summed E-state index contributed by atoms with van der Waals surface area (Å²) in [7, 11) is 1.68. The maximum atomic E-state index is 11.6. The van der Waals surface area contributed by atoms with Gasteiger partial charge in [-0.1, -0.05) is 13.8 Å². The molecule has 0 aromatic carbocycles. The van der Waals surface area contributed by atoms with Crippen molar-refractivity contribution in [3.8, 4) is 0 Å². The SMILES string of the molecule is COCCSCC(=O)NC1CCC(C)(C)C1. The number of methoxy groups -OCH3 is 1. The first-order valence-electron chi connectivity index (χ1n) is 5.89. The lowest BCUT2D eigenvalue weighted by molar-refractivity contribution is -0.119. The van der Waals surface area contributed by atoms with Crippen LogP contribution in [-0.4, -0.2) is 37.2 Å². The van der Waals surface area contributed by atoms with Crippen LogP contribution in [0.1, 0.15) is 33.1 Å². The zero-order valence-electron chi connectivity index (χ0n) is 10.5. The highest BCUT2D eigenvalue weighted by Gasteiger charge is 2.31. The Labute approximate surface area is 103 Å². The average Bonchev–Trinajstić information content (AvgIpc) is 2.53. The van der Waals surface area contributed by atoms with Crippen molar-refractivity contribution < 1.29 is 9.53 Å². The number of amides is 1. The molecule has 0 aromatic heterocycles. The van der Waals surface area contributed by atoms with E-state index < -0.39 is 0 Å². The van der Waals surface area contributed by atoms with Crippen molar-refractivity contribution in [3.63, 3.8) is 0 Å². The van der Waals surface area contributed by atoms with E-state index in [1.807, 2.05) is 0 Å². The molecule has 0 radical (unpaired) electrons. The van der Waals surface area contributed by atoms with Gasteiger partial charge >= 0.3 is 0 Å². The summed E-state index contributed by atoms with van der Waals surface area (Å²) in [6, 6.07) is 0.394. The van der Waals surface area contributed by atoms with E-state index >= 15 is 0 Å². The maximum Gasteiger partial charge on any atom is 0.230 e. The number of hydrogen-bond donors (Lipinski definition) is 1. The highest BCUT2D eigenvalue weighted by atomic mass is 32.2. The monoisotopic (exact) mass is 245 g/mol. The standard InChI is InChI=1S/C12H23NO2S/c1-12(2)5-4-10(8-12)13-11(14)9-16-7-6-15-3/h10H,4-9H2,1-3H3,(H,13,14). The quantitative estimate of drug-likeness (QED) is 0.728. The van der Waals surface area contributed by atoms with Gasteiger partial charge < -0.3 is 10.1 Å². The van der Waals surface area contributed by atoms with Crippen LogP contribution in [0.3, 0.4) is 0 Å². The van der Waals surface area contributed by atoms with Crippen molar-refractivity contribution >= 4 is 17.7 Å². The number of nitrogens with one attached hydrogen (secondary N) is 1. The van der Waals surface area contributed by atoms with Crippen LogP contribution in [0.15, 0.2) is 0 Å². The molecule has 16 heavy (non-hydrogen) atoms. The molecule has 1 N–H and O–H groups in total. The summed E-state index contributed by atoms with van der Waals surface area (Å²) in [6.07, 6.45) is 3.46. The summed E-state index contributed by atoms with van der Waals surface area (Å²) in [6.45, 7) is 5.26. The lowest BCUT2D eigenvalue weighted by Crippen LogP contribution is -2.34. The largest absolute Gasteiger partial charge is 0.384 e. The number of ether oxygens (including phenoxy) is 1. The van der Waals surface area contributed by atoms with Gasteiger partial charge in [0, 0.05) is 18.9 Å². The summed E-state index contributed by atoms with van der Waals surface area (Å²) in [5.41, 5.74) is 0.404. The Morgan fingerprint density at radius 2 is 2.31 bits per heavy atom. The molecule has 0 saturated heterocycles. The first kappa shape index (κ1) is 13.8. The molecule has 1 fully saturated rings. The van der Waals surface area contributed by atoms with Crippen LogP contribution >= 0.6 is 11.8 Å². The van der Waals surface area contributed by atoms with Crippen LogP contribution in [0, 0.1) is 5.41 Å². The van der Waals surface area contributed by atoms with Gasteiger partial charge in [0.2, 0.25) is 5.91 Å². The minimum Gasteiger partial charge on any atom is -0.384 e. The average molecular weight is 245 g/mol. The fraction of sp³-hybridized carbons (Fsp3) is 0.917. The summed E-state index contributed by atoms with van der Waals surface area (Å²) in [5.74, 6) is 1.61. The van der Waals surface area contributed by atoms with E-state index in [0.29, 0.717) is 23.8 Å². The molecule has 1 rings (SSSR count). The molecule has 1 aliphatic rings. The number of carbonyl (C=O) groups excluding carboxylic acids is 1. The molecule has 4 heteroatoms. The summed E-state index contributed by atoms with van der Waals surface area (Å²) < 4.78 is 4.93. The van der Waals surface area contributed by atoms with Gasteiger partial charge in [-0.25, -0.2) is 0 Å². The molecule has 0 aliphatic heterocycles. The molecule has 0 spiro atoms. The second-order valence-electron chi connectivity index (χ2n) is 5.22. The number of rotatable bonds is 6. The van der Waals surface area contributed by atoms with Crippen LogP contribution in [-0.2, 0) is 9.53 Å². The van der Waals surface area contributed by atoms with Gasteiger partial charge in [0.25, 0.3) is 0 Å². The van der Waals surface area contributed by atoms with Crippen LogP contribution in [0.5, 0.6) is 0 Å². The highest BCUT2D eigenvalue weighted by Crippen LogP contribution is 2.36. The molecular weight excluding hydrogens is 222 g/mol. The van der Waals surface area contributed by atoms with Crippen LogP contribution in [0.4, 0.5) is 0 Å². The molecular formula is C12H23NO2S. The van der Waals surface area contributed by atoms with Gasteiger partial charge in [-0.05, 0) is 24.7 Å². The molecule has 0 heterocycles. The van der Waals surface area contributed by atoms with Gasteiger partial charge in [-0.2, -0.15) is 0 Å². The second-order valence-corrected chi connectivity index (χ2v) is 6.32. The molecule has 1 aliphatic carbocycles. The molecule has 0 aromatic rings. The lowest BCUT2D eigenvalue weighted by atomic mass is 9.92. The van der Waals surface area contributed by atoms with Crippen molar-refractivity contribution in [1.29, 1.82) is 0 Å². The predicted molar refractivity (Wildman–Crippen MR) is 68.8 cm³/mol. The highest BCUT2D eigenvalue weighted by molar-refractivity contribution is 7.99. The first-order chi connectivity index (χ1) is 7.53. The molecule has 1 unspecified atom stereocenters. The smallest absolute Gasteiger partial charge is 0.230 e. The van der Waals surface area contributed by atoms with Crippen molar-refractivity contribution in [2.75, 3.05) is 25.2 Å². The molecule has 0 bridgehead atoms. The fourth-order valence-electron chi connectivity index (χ4n) is 2.14. The molecule has 1 atom stereocenters. The Hall–Kier alpha value is -0.220. The zero-order chi connectivity index (χ0) is 12.0. The normalized spacial score (nSPS) is 23.3. The maximum absolute atomic E-state index is 11.6. The topological polar surface area (TPSA) is 38.3 Å². The summed E-state index contributed by atoms with van der Waals surface area (Å²) >= 11 is 1.63. The molecule has 3 nitrogen and oxygen atoms in total. The number of thioether (sulfide) groups is 1. The third-order valence-electron chi connectivity index (χ3n) is 3.00. The van der Waals surface area contributed by atoms with Crippen LogP contribution < -0.4 is 5.32 Å². The summed E-state index contributed by atoms with van der Waals surface area (Å²) in [4.78, 5) is 11.6. The molecule has 1 saturated carbocycles. The van der Waals surface area contributed by atoms with Crippen LogP contribution in [0.25, 0.3) is 0 Å². The fourth-order valence-corrected chi connectivity index (χ4v) is 2.83. The molecule has 94 valence electrons. The lowest BCUT2D eigenvalue weighted by Gasteiger charge is -2.17. The Balaban J connectivity index is 2.11. The van der Waals surface area contributed by atoms with E-state index in [1.165, 1.54) is 6.42 Å². The first-order valence-corrected chi connectivity index (χ1v) is 7.05. The number of hydrogen-bond acceptors (Lipinski definition) is 3. The predicted octanol–water partition coefficient (Wildman–Crippen LogP) is 2.06. The van der Waals surface area contributed by atoms with E-state index in [0.717, 1.165) is 18.6 Å². The zero-order valence-corrected chi connectivity index (χ0v) is 11.4. The Morgan fingerprint density at radius 1 is 1.56 bits per heavy atom. The van der Waals surface area contributed by atoms with Crippen molar-refractivity contribution in [3.05, 3.63) is 0 Å². The van der Waals surface area contributed by atoms with E-state index in [2.05, 4.69) is 19.2 Å². The number of carbonyl (C=O) groups is 1. The Bertz CT molecular complexity index is 231. The summed E-state index contributed by atoms with van der Waals surface area (Å²) in [5, 5.41) is 3.11. The van der Waals surface area contributed by atoms with Gasteiger partial charge in [0.15, 0.2) is 0 Å². The minimum absolute atomic E-state index is 0.170.